The van der Waals surface area contributed by atoms with E-state index in [2.05, 4.69) is 24.3 Å². The topological polar surface area (TPSA) is 40.5 Å². The Morgan fingerprint density at radius 2 is 1.52 bits per heavy atom. The molecular weight excluding hydrogens is 260 g/mol. The fourth-order valence-corrected chi connectivity index (χ4v) is 4.51. The van der Waals surface area contributed by atoms with Gasteiger partial charge in [-0.25, -0.2) is 0 Å². The molecule has 0 aromatic heterocycles. The molecule has 2 aliphatic carbocycles. The maximum Gasteiger partial charge on any atom is 0.0936 e. The lowest BCUT2D eigenvalue weighted by Crippen LogP contribution is -2.57. The molecule has 0 bridgehead atoms. The van der Waals surface area contributed by atoms with Crippen LogP contribution >= 0.6 is 0 Å². The average Bonchev–Trinajstić information content (AvgIpc) is 2.49. The molecular formula is C19H28O2. The predicted molar refractivity (Wildman–Crippen MR) is 85.1 cm³/mol. The van der Waals surface area contributed by atoms with Crippen LogP contribution in [0.15, 0.2) is 30.3 Å². The van der Waals surface area contributed by atoms with E-state index in [1.54, 1.807) is 0 Å². The Kier molecular flexibility index (Phi) is 4.37. The van der Waals surface area contributed by atoms with Crippen molar-refractivity contribution in [3.8, 4) is 0 Å². The van der Waals surface area contributed by atoms with Crippen LogP contribution in [-0.2, 0) is 6.42 Å². The van der Waals surface area contributed by atoms with Gasteiger partial charge in [0.25, 0.3) is 0 Å². The van der Waals surface area contributed by atoms with Crippen LogP contribution in [-0.4, -0.2) is 21.4 Å². The summed E-state index contributed by atoms with van der Waals surface area (Å²) in [5.41, 5.74) is -0.339. The van der Waals surface area contributed by atoms with Crippen LogP contribution in [0, 0.1) is 5.92 Å². The van der Waals surface area contributed by atoms with Crippen LogP contribution in [0.1, 0.15) is 63.4 Å². The summed E-state index contributed by atoms with van der Waals surface area (Å²) < 4.78 is 0. The Labute approximate surface area is 128 Å². The van der Waals surface area contributed by atoms with E-state index in [1.165, 1.54) is 18.4 Å². The number of aliphatic hydroxyl groups is 2. The van der Waals surface area contributed by atoms with Crippen LogP contribution in [0.2, 0.25) is 0 Å². The Morgan fingerprint density at radius 1 is 0.857 bits per heavy atom. The van der Waals surface area contributed by atoms with Gasteiger partial charge in [0.15, 0.2) is 0 Å². The largest absolute Gasteiger partial charge is 0.387 e. The highest BCUT2D eigenvalue weighted by Gasteiger charge is 2.51. The molecule has 1 aromatic carbocycles. The lowest BCUT2D eigenvalue weighted by atomic mass is 9.63. The predicted octanol–water partition coefficient (Wildman–Crippen LogP) is 3.85. The van der Waals surface area contributed by atoms with Crippen molar-refractivity contribution in [3.63, 3.8) is 0 Å². The van der Waals surface area contributed by atoms with Gasteiger partial charge < -0.3 is 10.2 Å². The van der Waals surface area contributed by atoms with Crippen molar-refractivity contribution in [1.82, 2.24) is 0 Å². The molecule has 2 N–H and O–H groups in total. The molecule has 0 amide bonds. The second kappa shape index (κ2) is 6.10. The van der Waals surface area contributed by atoms with Gasteiger partial charge in [-0.3, -0.25) is 0 Å². The molecule has 116 valence electrons. The van der Waals surface area contributed by atoms with Crippen molar-refractivity contribution in [2.75, 3.05) is 0 Å². The summed E-state index contributed by atoms with van der Waals surface area (Å²) in [5.74, 6) is 0.497. The van der Waals surface area contributed by atoms with Crippen molar-refractivity contribution < 1.29 is 10.2 Å². The molecule has 0 aliphatic heterocycles. The molecule has 2 fully saturated rings. The van der Waals surface area contributed by atoms with E-state index in [0.29, 0.717) is 5.92 Å². The van der Waals surface area contributed by atoms with Crippen molar-refractivity contribution in [1.29, 1.82) is 0 Å². The molecule has 2 aliphatic rings. The minimum Gasteiger partial charge on any atom is -0.387 e. The first kappa shape index (κ1) is 15.1. The highest BCUT2D eigenvalue weighted by Crippen LogP contribution is 2.46. The number of benzene rings is 1. The number of hydrogen-bond donors (Lipinski definition) is 2. The summed E-state index contributed by atoms with van der Waals surface area (Å²) in [4.78, 5) is 0. The van der Waals surface area contributed by atoms with E-state index >= 15 is 0 Å². The molecule has 21 heavy (non-hydrogen) atoms. The van der Waals surface area contributed by atoms with Gasteiger partial charge in [-0.1, -0.05) is 56.0 Å². The van der Waals surface area contributed by atoms with Gasteiger partial charge in [-0.15, -0.1) is 0 Å². The zero-order chi connectivity index (χ0) is 14.8. The van der Waals surface area contributed by atoms with Crippen molar-refractivity contribution >= 4 is 0 Å². The molecule has 2 heteroatoms. The van der Waals surface area contributed by atoms with E-state index < -0.39 is 11.2 Å². The highest BCUT2D eigenvalue weighted by atomic mass is 16.4. The van der Waals surface area contributed by atoms with Gasteiger partial charge >= 0.3 is 0 Å². The Bertz CT molecular complexity index is 450. The van der Waals surface area contributed by atoms with Gasteiger partial charge in [-0.05, 0) is 50.0 Å². The van der Waals surface area contributed by atoms with Crippen molar-refractivity contribution in [2.24, 2.45) is 5.92 Å². The first-order chi connectivity index (χ1) is 10.1. The summed E-state index contributed by atoms with van der Waals surface area (Å²) in [6.07, 6.45) is 9.65. The lowest BCUT2D eigenvalue weighted by Gasteiger charge is -2.50. The molecule has 2 atom stereocenters. The van der Waals surface area contributed by atoms with Crippen LogP contribution in [0.25, 0.3) is 0 Å². The Balaban J connectivity index is 1.69. The van der Waals surface area contributed by atoms with E-state index in [4.69, 9.17) is 0 Å². The summed E-state index contributed by atoms with van der Waals surface area (Å²) in [5, 5.41) is 22.1. The Hall–Kier alpha value is -0.860. The highest BCUT2D eigenvalue weighted by molar-refractivity contribution is 5.16. The smallest absolute Gasteiger partial charge is 0.0936 e. The summed E-state index contributed by atoms with van der Waals surface area (Å²) in [6, 6.07) is 10.6. The third-order valence-corrected chi connectivity index (χ3v) is 5.74. The van der Waals surface area contributed by atoms with E-state index in [1.807, 2.05) is 6.07 Å². The molecule has 0 radical (unpaired) electrons. The molecule has 2 unspecified atom stereocenters. The van der Waals surface area contributed by atoms with E-state index in [9.17, 15) is 10.2 Å². The summed E-state index contributed by atoms with van der Waals surface area (Å²) >= 11 is 0. The van der Waals surface area contributed by atoms with Crippen LogP contribution < -0.4 is 0 Å². The molecule has 1 aromatic rings. The zero-order valence-electron chi connectivity index (χ0n) is 12.9. The second-order valence-electron chi connectivity index (χ2n) is 7.28. The molecule has 0 heterocycles. The molecule has 0 spiro atoms. The zero-order valence-corrected chi connectivity index (χ0v) is 12.9. The monoisotopic (exact) mass is 288 g/mol. The molecule has 0 saturated heterocycles. The minimum absolute atomic E-state index is 0.497. The van der Waals surface area contributed by atoms with Gasteiger partial charge in [0, 0.05) is 0 Å². The molecule has 3 rings (SSSR count). The normalized spacial score (nSPS) is 32.8. The van der Waals surface area contributed by atoms with Crippen molar-refractivity contribution in [2.45, 2.75) is 75.4 Å². The standard InChI is InChI=1S/C19H28O2/c20-18(11-5-2-6-12-18)19(21)13-7-10-17(15-19)14-16-8-3-1-4-9-16/h1,3-4,8-9,17,20-21H,2,5-7,10-15H2. The third-order valence-electron chi connectivity index (χ3n) is 5.74. The second-order valence-corrected chi connectivity index (χ2v) is 7.28. The van der Waals surface area contributed by atoms with Crippen LogP contribution in [0.5, 0.6) is 0 Å². The number of hydrogen-bond acceptors (Lipinski definition) is 2. The first-order valence-electron chi connectivity index (χ1n) is 8.60. The average molecular weight is 288 g/mol. The molecule has 2 saturated carbocycles. The Morgan fingerprint density at radius 3 is 2.24 bits per heavy atom. The fraction of sp³-hybridized carbons (Fsp3) is 0.684. The van der Waals surface area contributed by atoms with Crippen LogP contribution in [0.4, 0.5) is 0 Å². The lowest BCUT2D eigenvalue weighted by molar-refractivity contribution is -0.189. The van der Waals surface area contributed by atoms with Gasteiger partial charge in [0.2, 0.25) is 0 Å². The SMILES string of the molecule is OC1(C2(O)CCCC(Cc3ccccc3)C2)CCCCC1. The first-order valence-corrected chi connectivity index (χ1v) is 8.60. The fourth-order valence-electron chi connectivity index (χ4n) is 4.51. The van der Waals surface area contributed by atoms with E-state index in [0.717, 1.165) is 51.4 Å². The number of rotatable bonds is 3. The maximum absolute atomic E-state index is 11.2. The quantitative estimate of drug-likeness (QED) is 0.887. The summed E-state index contributed by atoms with van der Waals surface area (Å²) in [7, 11) is 0. The minimum atomic E-state index is -0.856. The van der Waals surface area contributed by atoms with Gasteiger partial charge in [0.05, 0.1) is 11.2 Å². The van der Waals surface area contributed by atoms with Crippen LogP contribution in [0.3, 0.4) is 0 Å². The maximum atomic E-state index is 11.2. The van der Waals surface area contributed by atoms with Crippen molar-refractivity contribution in [3.05, 3.63) is 35.9 Å². The van der Waals surface area contributed by atoms with Gasteiger partial charge in [0.1, 0.15) is 0 Å². The van der Waals surface area contributed by atoms with E-state index in [-0.39, 0.29) is 0 Å². The summed E-state index contributed by atoms with van der Waals surface area (Å²) in [6.45, 7) is 0. The third kappa shape index (κ3) is 3.17. The molecule has 2 nitrogen and oxygen atoms in total. The van der Waals surface area contributed by atoms with Gasteiger partial charge in [-0.2, -0.15) is 0 Å².